The maximum absolute atomic E-state index is 11.0. The Bertz CT molecular complexity index is 720. The number of benzene rings is 1. The summed E-state index contributed by atoms with van der Waals surface area (Å²) in [6, 6.07) is 9.23. The SMILES string of the molecule is Cc1nc(C)c(C#N)c(SCc2ccc(C(N)=O)cc2)n1. The van der Waals surface area contributed by atoms with E-state index in [9.17, 15) is 10.1 Å². The first-order valence-electron chi connectivity index (χ1n) is 6.28. The molecule has 0 radical (unpaired) electrons. The standard InChI is InChI=1S/C15H14N4OS/c1-9-13(7-16)15(19-10(2)18-9)21-8-11-3-5-12(6-4-11)14(17)20/h3-6H,8H2,1-2H3,(H2,17,20). The molecule has 2 N–H and O–H groups in total. The summed E-state index contributed by atoms with van der Waals surface area (Å²) in [5.74, 6) is 0.866. The number of aromatic nitrogens is 2. The van der Waals surface area contributed by atoms with E-state index in [2.05, 4.69) is 16.0 Å². The van der Waals surface area contributed by atoms with E-state index in [-0.39, 0.29) is 0 Å². The van der Waals surface area contributed by atoms with Crippen LogP contribution in [0.2, 0.25) is 0 Å². The maximum Gasteiger partial charge on any atom is 0.248 e. The zero-order valence-corrected chi connectivity index (χ0v) is 12.6. The molecule has 0 aliphatic carbocycles. The van der Waals surface area contributed by atoms with Gasteiger partial charge in [0, 0.05) is 11.3 Å². The van der Waals surface area contributed by atoms with Crippen LogP contribution in [0.15, 0.2) is 29.3 Å². The van der Waals surface area contributed by atoms with E-state index in [4.69, 9.17) is 5.73 Å². The summed E-state index contributed by atoms with van der Waals surface area (Å²) in [5.41, 5.74) is 7.92. The fourth-order valence-corrected chi connectivity index (χ4v) is 2.86. The van der Waals surface area contributed by atoms with Gasteiger partial charge in [0.15, 0.2) is 0 Å². The van der Waals surface area contributed by atoms with Gasteiger partial charge in [0.25, 0.3) is 0 Å². The third kappa shape index (κ3) is 3.58. The van der Waals surface area contributed by atoms with Gasteiger partial charge in [0.05, 0.1) is 5.69 Å². The Kier molecular flexibility index (Phi) is 4.55. The third-order valence-corrected chi connectivity index (χ3v) is 3.94. The number of primary amides is 1. The summed E-state index contributed by atoms with van der Waals surface area (Å²) in [6.45, 7) is 3.61. The average molecular weight is 298 g/mol. The van der Waals surface area contributed by atoms with Crippen molar-refractivity contribution < 1.29 is 4.79 Å². The van der Waals surface area contributed by atoms with Crippen LogP contribution >= 0.6 is 11.8 Å². The second kappa shape index (κ2) is 6.37. The van der Waals surface area contributed by atoms with Crippen LogP contribution in [0.5, 0.6) is 0 Å². The van der Waals surface area contributed by atoms with Gasteiger partial charge in [-0.15, -0.1) is 11.8 Å². The Hall–Kier alpha value is -2.39. The van der Waals surface area contributed by atoms with Crippen LogP contribution < -0.4 is 5.73 Å². The molecular formula is C15H14N4OS. The molecule has 1 aromatic carbocycles. The van der Waals surface area contributed by atoms with E-state index >= 15 is 0 Å². The summed E-state index contributed by atoms with van der Waals surface area (Å²) >= 11 is 1.48. The third-order valence-electron chi connectivity index (χ3n) is 2.89. The predicted octanol–water partition coefficient (Wildman–Crippen LogP) is 2.36. The van der Waals surface area contributed by atoms with Crippen LogP contribution in [0.1, 0.15) is 33.0 Å². The Balaban J connectivity index is 2.17. The number of nitrogens with zero attached hydrogens (tertiary/aromatic N) is 3. The number of hydrogen-bond donors (Lipinski definition) is 1. The molecule has 2 rings (SSSR count). The molecule has 0 aliphatic heterocycles. The van der Waals surface area contributed by atoms with Gasteiger partial charge < -0.3 is 5.73 Å². The number of carbonyl (C=O) groups is 1. The first-order valence-corrected chi connectivity index (χ1v) is 7.26. The minimum Gasteiger partial charge on any atom is -0.366 e. The highest BCUT2D eigenvalue weighted by Gasteiger charge is 2.10. The van der Waals surface area contributed by atoms with Crippen LogP contribution in [0.4, 0.5) is 0 Å². The lowest BCUT2D eigenvalue weighted by Gasteiger charge is -2.07. The molecule has 0 spiro atoms. The molecule has 1 amide bonds. The van der Waals surface area contributed by atoms with Crippen molar-refractivity contribution in [3.05, 3.63) is 52.5 Å². The molecule has 0 fully saturated rings. The number of rotatable bonds is 4. The number of thioether (sulfide) groups is 1. The van der Waals surface area contributed by atoms with E-state index in [0.717, 1.165) is 5.56 Å². The molecule has 5 nitrogen and oxygen atoms in total. The van der Waals surface area contributed by atoms with Crippen molar-refractivity contribution in [1.82, 2.24) is 9.97 Å². The van der Waals surface area contributed by atoms with Gasteiger partial charge in [-0.25, -0.2) is 9.97 Å². The fourth-order valence-electron chi connectivity index (χ4n) is 1.83. The van der Waals surface area contributed by atoms with E-state index in [1.165, 1.54) is 11.8 Å². The van der Waals surface area contributed by atoms with Gasteiger partial charge in [0.1, 0.15) is 22.5 Å². The van der Waals surface area contributed by atoms with Gasteiger partial charge >= 0.3 is 0 Å². The Morgan fingerprint density at radius 1 is 1.29 bits per heavy atom. The lowest BCUT2D eigenvalue weighted by atomic mass is 10.1. The molecule has 1 heterocycles. The molecule has 0 atom stereocenters. The van der Waals surface area contributed by atoms with Crippen molar-refractivity contribution in [2.75, 3.05) is 0 Å². The minimum atomic E-state index is -0.442. The topological polar surface area (TPSA) is 92.7 Å². The first kappa shape index (κ1) is 15.0. The highest BCUT2D eigenvalue weighted by molar-refractivity contribution is 7.98. The summed E-state index contributed by atoms with van der Waals surface area (Å²) in [4.78, 5) is 19.5. The fraction of sp³-hybridized carbons (Fsp3) is 0.200. The molecule has 2 aromatic rings. The predicted molar refractivity (Wildman–Crippen MR) is 80.7 cm³/mol. The van der Waals surface area contributed by atoms with Gasteiger partial charge in [0.2, 0.25) is 5.91 Å². The van der Waals surface area contributed by atoms with Crippen LogP contribution in [-0.2, 0) is 5.75 Å². The first-order chi connectivity index (χ1) is 10.0. The van der Waals surface area contributed by atoms with Crippen molar-refractivity contribution in [2.45, 2.75) is 24.6 Å². The largest absolute Gasteiger partial charge is 0.366 e. The number of nitrogens with two attached hydrogens (primary N) is 1. The van der Waals surface area contributed by atoms with Gasteiger partial charge in [-0.2, -0.15) is 5.26 Å². The number of aryl methyl sites for hydroxylation is 2. The van der Waals surface area contributed by atoms with Gasteiger partial charge in [-0.3, -0.25) is 4.79 Å². The number of nitriles is 1. The molecule has 6 heteroatoms. The van der Waals surface area contributed by atoms with Crippen molar-refractivity contribution in [3.8, 4) is 6.07 Å². The minimum absolute atomic E-state index is 0.442. The molecule has 0 aliphatic rings. The molecule has 0 unspecified atom stereocenters. The average Bonchev–Trinajstić information content (AvgIpc) is 2.45. The molecule has 0 saturated heterocycles. The van der Waals surface area contributed by atoms with Gasteiger partial charge in [-0.05, 0) is 31.5 Å². The van der Waals surface area contributed by atoms with Gasteiger partial charge in [-0.1, -0.05) is 12.1 Å². The maximum atomic E-state index is 11.0. The summed E-state index contributed by atoms with van der Waals surface area (Å²) in [7, 11) is 0. The zero-order chi connectivity index (χ0) is 15.4. The molecular weight excluding hydrogens is 284 g/mol. The Morgan fingerprint density at radius 2 is 1.95 bits per heavy atom. The van der Waals surface area contributed by atoms with E-state index in [0.29, 0.717) is 33.4 Å². The molecule has 106 valence electrons. The molecule has 1 aromatic heterocycles. The van der Waals surface area contributed by atoms with Crippen LogP contribution in [0.25, 0.3) is 0 Å². The monoisotopic (exact) mass is 298 g/mol. The van der Waals surface area contributed by atoms with Crippen molar-refractivity contribution in [3.63, 3.8) is 0 Å². The number of amides is 1. The second-order valence-corrected chi connectivity index (χ2v) is 5.46. The summed E-state index contributed by atoms with van der Waals surface area (Å²) in [6.07, 6.45) is 0. The Labute approximate surface area is 127 Å². The van der Waals surface area contributed by atoms with Crippen LogP contribution in [0.3, 0.4) is 0 Å². The molecule has 21 heavy (non-hydrogen) atoms. The van der Waals surface area contributed by atoms with Crippen molar-refractivity contribution >= 4 is 17.7 Å². The Morgan fingerprint density at radius 3 is 2.52 bits per heavy atom. The second-order valence-electron chi connectivity index (χ2n) is 4.50. The summed E-state index contributed by atoms with van der Waals surface area (Å²) in [5, 5.41) is 9.87. The highest BCUT2D eigenvalue weighted by atomic mass is 32.2. The lowest BCUT2D eigenvalue weighted by molar-refractivity contribution is 0.100. The normalized spacial score (nSPS) is 10.1. The van der Waals surface area contributed by atoms with Crippen LogP contribution in [-0.4, -0.2) is 15.9 Å². The lowest BCUT2D eigenvalue weighted by Crippen LogP contribution is -2.10. The molecule has 0 saturated carbocycles. The van der Waals surface area contributed by atoms with Crippen molar-refractivity contribution in [1.29, 1.82) is 5.26 Å². The van der Waals surface area contributed by atoms with E-state index < -0.39 is 5.91 Å². The highest BCUT2D eigenvalue weighted by Crippen LogP contribution is 2.25. The quantitative estimate of drug-likeness (QED) is 0.691. The zero-order valence-electron chi connectivity index (χ0n) is 11.8. The van der Waals surface area contributed by atoms with Crippen molar-refractivity contribution in [2.24, 2.45) is 5.73 Å². The smallest absolute Gasteiger partial charge is 0.248 e. The summed E-state index contributed by atoms with van der Waals surface area (Å²) < 4.78 is 0. The van der Waals surface area contributed by atoms with Crippen LogP contribution in [0, 0.1) is 25.2 Å². The van der Waals surface area contributed by atoms with E-state index in [1.54, 1.807) is 26.0 Å². The number of hydrogen-bond acceptors (Lipinski definition) is 5. The number of carbonyl (C=O) groups excluding carboxylic acids is 1. The van der Waals surface area contributed by atoms with E-state index in [1.807, 2.05) is 12.1 Å². The molecule has 0 bridgehead atoms.